The molecule has 174 valence electrons. The van der Waals surface area contributed by atoms with Gasteiger partial charge in [0.2, 0.25) is 5.91 Å². The Morgan fingerprint density at radius 3 is 2.61 bits per heavy atom. The number of amides is 1. The number of hydrogen-bond acceptors (Lipinski definition) is 7. The lowest BCUT2D eigenvalue weighted by molar-refractivity contribution is -0.385. The molecular formula is C21H25N7O5. The fourth-order valence-corrected chi connectivity index (χ4v) is 3.35. The number of aryl methyl sites for hydroxylation is 1. The minimum atomic E-state index is -0.760. The van der Waals surface area contributed by atoms with Crippen LogP contribution in [-0.4, -0.2) is 30.2 Å². The molecule has 0 radical (unpaired) electrons. The highest BCUT2D eigenvalue weighted by Crippen LogP contribution is 2.21. The van der Waals surface area contributed by atoms with Gasteiger partial charge in [0.1, 0.15) is 18.2 Å². The Hall–Kier alpha value is -4.22. The van der Waals surface area contributed by atoms with Crippen molar-refractivity contribution in [2.45, 2.75) is 45.8 Å². The largest absolute Gasteiger partial charge is 0.383 e. The van der Waals surface area contributed by atoms with Crippen molar-refractivity contribution in [3.05, 3.63) is 79.2 Å². The number of nitrogens with zero attached hydrogens (tertiary/aromatic N) is 5. The summed E-state index contributed by atoms with van der Waals surface area (Å²) in [5, 5.41) is 14.7. The molecule has 12 heteroatoms. The van der Waals surface area contributed by atoms with Gasteiger partial charge in [0.25, 0.3) is 5.56 Å². The minimum Gasteiger partial charge on any atom is -0.383 e. The molecule has 0 spiro atoms. The number of carbonyl (C=O) groups is 1. The lowest BCUT2D eigenvalue weighted by Crippen LogP contribution is -2.41. The topological polar surface area (TPSA) is 162 Å². The molecule has 0 saturated heterocycles. The van der Waals surface area contributed by atoms with E-state index in [1.54, 1.807) is 24.3 Å². The first kappa shape index (κ1) is 23.4. The van der Waals surface area contributed by atoms with Gasteiger partial charge in [-0.3, -0.25) is 33.9 Å². The van der Waals surface area contributed by atoms with Crippen molar-refractivity contribution in [1.82, 2.24) is 19.3 Å². The van der Waals surface area contributed by atoms with Crippen LogP contribution in [0.3, 0.4) is 0 Å². The molecule has 33 heavy (non-hydrogen) atoms. The van der Waals surface area contributed by atoms with Crippen LogP contribution in [0.15, 0.2) is 52.3 Å². The number of benzene rings is 1. The van der Waals surface area contributed by atoms with Gasteiger partial charge < -0.3 is 10.6 Å². The van der Waals surface area contributed by atoms with Crippen LogP contribution in [0.2, 0.25) is 0 Å². The molecular weight excluding hydrogens is 430 g/mol. The number of carbonyl (C=O) groups excluding carboxylic acids is 1. The number of rotatable bonds is 10. The average molecular weight is 455 g/mol. The third-order valence-corrected chi connectivity index (χ3v) is 5.09. The van der Waals surface area contributed by atoms with Gasteiger partial charge >= 0.3 is 11.4 Å². The highest BCUT2D eigenvalue weighted by atomic mass is 16.6. The molecule has 3 rings (SSSR count). The van der Waals surface area contributed by atoms with Gasteiger partial charge in [0, 0.05) is 19.5 Å². The summed E-state index contributed by atoms with van der Waals surface area (Å²) in [6, 6.07) is 9.03. The highest BCUT2D eigenvalue weighted by Gasteiger charge is 2.24. The van der Waals surface area contributed by atoms with Crippen molar-refractivity contribution in [3.63, 3.8) is 0 Å². The molecule has 2 heterocycles. The van der Waals surface area contributed by atoms with Crippen molar-refractivity contribution >= 4 is 23.1 Å². The second-order valence-electron chi connectivity index (χ2n) is 7.43. The molecule has 0 aliphatic heterocycles. The number of anilines is 2. The van der Waals surface area contributed by atoms with Crippen LogP contribution in [-0.2, 0) is 24.4 Å². The standard InChI is InChI=1S/C21H25N7O5/c1-2-3-10-26-19(22)18(20(30)24-21(26)31)27(13-15-7-5-4-6-8-15)17(29)9-11-25-14-16(12-23-25)28(32)33/h4-8,12,14H,2-3,9-11,13,22H2,1H3,(H,24,30,31). The van der Waals surface area contributed by atoms with E-state index in [2.05, 4.69) is 10.1 Å². The number of nitrogen functional groups attached to an aromatic ring is 1. The van der Waals surface area contributed by atoms with Gasteiger partial charge in [-0.15, -0.1) is 0 Å². The van der Waals surface area contributed by atoms with Gasteiger partial charge in [0.15, 0.2) is 5.69 Å². The zero-order valence-electron chi connectivity index (χ0n) is 18.1. The molecule has 3 N–H and O–H groups in total. The van der Waals surface area contributed by atoms with Gasteiger partial charge in [-0.25, -0.2) is 4.79 Å². The maximum atomic E-state index is 13.2. The Balaban J connectivity index is 1.95. The maximum Gasteiger partial charge on any atom is 0.330 e. The van der Waals surface area contributed by atoms with Crippen molar-refractivity contribution in [2.75, 3.05) is 10.6 Å². The van der Waals surface area contributed by atoms with E-state index in [4.69, 9.17) is 5.73 Å². The van der Waals surface area contributed by atoms with Crippen LogP contribution in [0.4, 0.5) is 17.2 Å². The summed E-state index contributed by atoms with van der Waals surface area (Å²) in [5.41, 5.74) is 5.29. The maximum absolute atomic E-state index is 13.2. The van der Waals surface area contributed by atoms with Crippen molar-refractivity contribution in [3.8, 4) is 0 Å². The van der Waals surface area contributed by atoms with E-state index in [0.29, 0.717) is 13.0 Å². The number of aromatic nitrogens is 4. The first-order valence-corrected chi connectivity index (χ1v) is 10.5. The molecule has 0 saturated carbocycles. The fourth-order valence-electron chi connectivity index (χ4n) is 3.35. The molecule has 0 bridgehead atoms. The Bertz CT molecular complexity index is 1250. The van der Waals surface area contributed by atoms with Crippen molar-refractivity contribution in [2.24, 2.45) is 0 Å². The molecule has 12 nitrogen and oxygen atoms in total. The van der Waals surface area contributed by atoms with Crippen molar-refractivity contribution in [1.29, 1.82) is 0 Å². The molecule has 0 atom stereocenters. The predicted octanol–water partition coefficient (Wildman–Crippen LogP) is 1.65. The lowest BCUT2D eigenvalue weighted by atomic mass is 10.2. The normalized spacial score (nSPS) is 10.8. The van der Waals surface area contributed by atoms with Gasteiger partial charge in [-0.2, -0.15) is 5.10 Å². The van der Waals surface area contributed by atoms with Gasteiger partial charge in [-0.05, 0) is 12.0 Å². The quantitative estimate of drug-likeness (QED) is 0.347. The smallest absolute Gasteiger partial charge is 0.330 e. The molecule has 0 fully saturated rings. The fraction of sp³-hybridized carbons (Fsp3) is 0.333. The summed E-state index contributed by atoms with van der Waals surface area (Å²) in [7, 11) is 0. The molecule has 0 aliphatic carbocycles. The Labute approximate surface area is 188 Å². The first-order valence-electron chi connectivity index (χ1n) is 10.5. The zero-order valence-corrected chi connectivity index (χ0v) is 18.1. The van der Waals surface area contributed by atoms with E-state index >= 15 is 0 Å². The van der Waals surface area contributed by atoms with E-state index < -0.39 is 22.1 Å². The van der Waals surface area contributed by atoms with Crippen LogP contribution in [0.1, 0.15) is 31.7 Å². The van der Waals surface area contributed by atoms with Crippen LogP contribution in [0, 0.1) is 10.1 Å². The average Bonchev–Trinajstić information content (AvgIpc) is 3.27. The van der Waals surface area contributed by atoms with E-state index in [0.717, 1.165) is 18.2 Å². The summed E-state index contributed by atoms with van der Waals surface area (Å²) in [6.45, 7) is 2.37. The SMILES string of the molecule is CCCCn1c(N)c(N(Cc2ccccc2)C(=O)CCn2cc([N+](=O)[O-])cn2)c(=O)[nH]c1=O. The number of nitrogens with one attached hydrogen (secondary N) is 1. The van der Waals surface area contributed by atoms with E-state index in [1.165, 1.54) is 20.3 Å². The molecule has 0 unspecified atom stereocenters. The predicted molar refractivity (Wildman–Crippen MR) is 122 cm³/mol. The second kappa shape index (κ2) is 10.4. The summed E-state index contributed by atoms with van der Waals surface area (Å²) >= 11 is 0. The van der Waals surface area contributed by atoms with E-state index in [-0.39, 0.29) is 36.7 Å². The van der Waals surface area contributed by atoms with Crippen LogP contribution >= 0.6 is 0 Å². The molecule has 2 aromatic heterocycles. The second-order valence-corrected chi connectivity index (χ2v) is 7.43. The summed E-state index contributed by atoms with van der Waals surface area (Å²) in [6.07, 6.45) is 3.70. The third kappa shape index (κ3) is 5.53. The minimum absolute atomic E-state index is 0.0538. The number of nitrogens with two attached hydrogens (primary N) is 1. The van der Waals surface area contributed by atoms with Gasteiger partial charge in [-0.1, -0.05) is 43.7 Å². The van der Waals surface area contributed by atoms with E-state index in [1.807, 2.05) is 13.0 Å². The lowest BCUT2D eigenvalue weighted by Gasteiger charge is -2.25. The summed E-state index contributed by atoms with van der Waals surface area (Å²) in [5.74, 6) is -0.536. The van der Waals surface area contributed by atoms with Crippen LogP contribution in [0.5, 0.6) is 0 Å². The monoisotopic (exact) mass is 455 g/mol. The van der Waals surface area contributed by atoms with Gasteiger partial charge in [0.05, 0.1) is 11.5 Å². The molecule has 3 aromatic rings. The van der Waals surface area contributed by atoms with Crippen LogP contribution in [0.25, 0.3) is 0 Å². The van der Waals surface area contributed by atoms with Crippen LogP contribution < -0.4 is 21.9 Å². The van der Waals surface area contributed by atoms with Crippen molar-refractivity contribution < 1.29 is 9.72 Å². The Morgan fingerprint density at radius 1 is 1.24 bits per heavy atom. The number of hydrogen-bond donors (Lipinski definition) is 2. The number of unbranched alkanes of at least 4 members (excludes halogenated alkanes) is 1. The molecule has 0 aliphatic rings. The summed E-state index contributed by atoms with van der Waals surface area (Å²) < 4.78 is 2.54. The first-order chi connectivity index (χ1) is 15.8. The van der Waals surface area contributed by atoms with E-state index in [9.17, 15) is 24.5 Å². The number of H-pyrrole nitrogens is 1. The Morgan fingerprint density at radius 2 is 1.97 bits per heavy atom. The summed E-state index contributed by atoms with van der Waals surface area (Å²) in [4.78, 5) is 52.0. The zero-order chi connectivity index (χ0) is 24.0. The molecule has 1 aromatic carbocycles. The number of aromatic amines is 1. The molecule has 1 amide bonds. The number of nitro groups is 1. The third-order valence-electron chi connectivity index (χ3n) is 5.09. The Kier molecular flexibility index (Phi) is 7.38. The highest BCUT2D eigenvalue weighted by molar-refractivity contribution is 5.95.